The van der Waals surface area contributed by atoms with Gasteiger partial charge >= 0.3 is 5.97 Å². The van der Waals surface area contributed by atoms with E-state index in [2.05, 4.69) is 5.32 Å². The molecular formula is C13H11N3O3. The van der Waals surface area contributed by atoms with E-state index in [4.69, 9.17) is 10.4 Å². The Kier molecular flexibility index (Phi) is 3.48. The molecule has 0 aliphatic heterocycles. The van der Waals surface area contributed by atoms with Crippen LogP contribution in [0, 0.1) is 11.3 Å². The molecule has 96 valence electrons. The van der Waals surface area contributed by atoms with Crippen molar-refractivity contribution in [2.24, 2.45) is 0 Å². The molecule has 0 atom stereocenters. The van der Waals surface area contributed by atoms with E-state index >= 15 is 0 Å². The van der Waals surface area contributed by atoms with E-state index in [1.165, 1.54) is 6.07 Å². The smallest absolute Gasteiger partial charge is 0.336 e. The zero-order chi connectivity index (χ0) is 13.8. The molecule has 2 N–H and O–H groups in total. The van der Waals surface area contributed by atoms with Gasteiger partial charge in [0, 0.05) is 17.1 Å². The first-order chi connectivity index (χ1) is 9.13. The normalized spacial score (nSPS) is 10.1. The minimum absolute atomic E-state index is 0.0432. The van der Waals surface area contributed by atoms with Gasteiger partial charge in [-0.15, -0.1) is 0 Å². The first-order valence-corrected chi connectivity index (χ1v) is 5.58. The Labute approximate surface area is 108 Å². The Bertz CT molecular complexity index is 682. The number of rotatable bonds is 4. The van der Waals surface area contributed by atoms with Gasteiger partial charge in [-0.2, -0.15) is 5.26 Å². The number of nitrogens with zero attached hydrogens (tertiary/aromatic N) is 2. The second-order valence-corrected chi connectivity index (χ2v) is 3.92. The molecule has 0 aliphatic carbocycles. The van der Waals surface area contributed by atoms with Crippen molar-refractivity contribution in [2.75, 3.05) is 6.54 Å². The van der Waals surface area contributed by atoms with Crippen molar-refractivity contribution in [3.05, 3.63) is 36.0 Å². The van der Waals surface area contributed by atoms with Crippen molar-refractivity contribution in [2.45, 2.75) is 6.54 Å². The van der Waals surface area contributed by atoms with E-state index in [1.54, 1.807) is 29.0 Å². The summed E-state index contributed by atoms with van der Waals surface area (Å²) in [4.78, 5) is 22.6. The highest BCUT2D eigenvalue weighted by atomic mass is 16.4. The van der Waals surface area contributed by atoms with Crippen LogP contribution >= 0.6 is 0 Å². The van der Waals surface area contributed by atoms with Crippen LogP contribution < -0.4 is 5.32 Å². The van der Waals surface area contributed by atoms with Gasteiger partial charge in [0.1, 0.15) is 13.1 Å². The van der Waals surface area contributed by atoms with E-state index in [0.29, 0.717) is 10.9 Å². The summed E-state index contributed by atoms with van der Waals surface area (Å²) in [5, 5.41) is 20.5. The third kappa shape index (κ3) is 2.55. The van der Waals surface area contributed by atoms with Crippen LogP contribution in [0.2, 0.25) is 0 Å². The first-order valence-electron chi connectivity index (χ1n) is 5.58. The number of hydrogen-bond acceptors (Lipinski definition) is 3. The summed E-state index contributed by atoms with van der Waals surface area (Å²) in [6, 6.07) is 8.39. The number of carboxylic acid groups (broad SMARTS) is 1. The predicted molar refractivity (Wildman–Crippen MR) is 67.5 cm³/mol. The zero-order valence-electron chi connectivity index (χ0n) is 9.96. The van der Waals surface area contributed by atoms with Gasteiger partial charge in [-0.05, 0) is 18.2 Å². The summed E-state index contributed by atoms with van der Waals surface area (Å²) in [5.74, 6) is -1.29. The molecular weight excluding hydrogens is 246 g/mol. The maximum Gasteiger partial charge on any atom is 0.336 e. The SMILES string of the molecule is N#CCNC(=O)Cn1ccc2c(C(=O)O)cccc21. The van der Waals surface area contributed by atoms with E-state index < -0.39 is 5.97 Å². The van der Waals surface area contributed by atoms with E-state index in [0.717, 1.165) is 0 Å². The van der Waals surface area contributed by atoms with Crippen molar-refractivity contribution in [3.8, 4) is 6.07 Å². The van der Waals surface area contributed by atoms with Gasteiger partial charge in [-0.25, -0.2) is 4.79 Å². The van der Waals surface area contributed by atoms with Crippen molar-refractivity contribution in [3.63, 3.8) is 0 Å². The number of hydrogen-bond donors (Lipinski definition) is 2. The van der Waals surface area contributed by atoms with Gasteiger partial charge in [0.25, 0.3) is 0 Å². The van der Waals surface area contributed by atoms with Crippen molar-refractivity contribution >= 4 is 22.8 Å². The molecule has 6 heteroatoms. The molecule has 1 aromatic carbocycles. The second-order valence-electron chi connectivity index (χ2n) is 3.92. The molecule has 2 aromatic rings. The summed E-state index contributed by atoms with van der Waals surface area (Å²) in [6.07, 6.45) is 1.66. The molecule has 0 saturated carbocycles. The topological polar surface area (TPSA) is 95.1 Å². The average Bonchev–Trinajstić information content (AvgIpc) is 2.79. The fourth-order valence-electron chi connectivity index (χ4n) is 1.90. The number of aromatic carboxylic acids is 1. The number of amides is 1. The molecule has 0 saturated heterocycles. The van der Waals surface area contributed by atoms with Gasteiger partial charge in [-0.1, -0.05) is 6.07 Å². The average molecular weight is 257 g/mol. The quantitative estimate of drug-likeness (QED) is 0.798. The molecule has 6 nitrogen and oxygen atoms in total. The second kappa shape index (κ2) is 5.23. The maximum atomic E-state index is 11.5. The minimum Gasteiger partial charge on any atom is -0.478 e. The van der Waals surface area contributed by atoms with E-state index in [1.807, 2.05) is 6.07 Å². The van der Waals surface area contributed by atoms with E-state index in [-0.39, 0.29) is 24.6 Å². The molecule has 0 aliphatic rings. The molecule has 19 heavy (non-hydrogen) atoms. The highest BCUT2D eigenvalue weighted by Gasteiger charge is 2.12. The largest absolute Gasteiger partial charge is 0.478 e. The zero-order valence-corrected chi connectivity index (χ0v) is 9.96. The van der Waals surface area contributed by atoms with Crippen LogP contribution in [-0.4, -0.2) is 28.1 Å². The Morgan fingerprint density at radius 1 is 1.37 bits per heavy atom. The van der Waals surface area contributed by atoms with Crippen LogP contribution in [0.15, 0.2) is 30.5 Å². The molecule has 1 amide bonds. The summed E-state index contributed by atoms with van der Waals surface area (Å²) in [5.41, 5.74) is 0.876. The van der Waals surface area contributed by atoms with Crippen LogP contribution in [0.3, 0.4) is 0 Å². The summed E-state index contributed by atoms with van der Waals surface area (Å²) >= 11 is 0. The van der Waals surface area contributed by atoms with Gasteiger partial charge in [-0.3, -0.25) is 4.79 Å². The molecule has 0 bridgehead atoms. The summed E-state index contributed by atoms with van der Waals surface area (Å²) in [6.45, 7) is 0.00661. The minimum atomic E-state index is -1.00. The van der Waals surface area contributed by atoms with Crippen molar-refractivity contribution in [1.82, 2.24) is 9.88 Å². The third-order valence-corrected chi connectivity index (χ3v) is 2.72. The Hall–Kier alpha value is -2.81. The molecule has 0 fully saturated rings. The molecule has 1 heterocycles. The third-order valence-electron chi connectivity index (χ3n) is 2.72. The lowest BCUT2D eigenvalue weighted by atomic mass is 10.1. The molecule has 2 rings (SSSR count). The number of carboxylic acids is 1. The maximum absolute atomic E-state index is 11.5. The Morgan fingerprint density at radius 3 is 2.84 bits per heavy atom. The van der Waals surface area contributed by atoms with Gasteiger partial charge < -0.3 is 15.0 Å². The monoisotopic (exact) mass is 257 g/mol. The highest BCUT2D eigenvalue weighted by Crippen LogP contribution is 2.20. The summed E-state index contributed by atoms with van der Waals surface area (Å²) < 4.78 is 1.65. The fourth-order valence-corrected chi connectivity index (χ4v) is 1.90. The number of carbonyl (C=O) groups excluding carboxylic acids is 1. The van der Waals surface area contributed by atoms with Crippen LogP contribution in [-0.2, 0) is 11.3 Å². The van der Waals surface area contributed by atoms with Gasteiger partial charge in [0.15, 0.2) is 0 Å². The first kappa shape index (κ1) is 12.6. The van der Waals surface area contributed by atoms with Crippen molar-refractivity contribution < 1.29 is 14.7 Å². The van der Waals surface area contributed by atoms with Crippen LogP contribution in [0.4, 0.5) is 0 Å². The van der Waals surface area contributed by atoms with Gasteiger partial charge in [0.05, 0.1) is 11.6 Å². The number of benzene rings is 1. The predicted octanol–water partition coefficient (Wildman–Crippen LogP) is 0.979. The van der Waals surface area contributed by atoms with Crippen LogP contribution in [0.5, 0.6) is 0 Å². The standard InChI is InChI=1S/C13H11N3O3/c14-5-6-15-12(17)8-16-7-4-9-10(13(18)19)2-1-3-11(9)16/h1-4,7H,6,8H2,(H,15,17)(H,18,19). The Morgan fingerprint density at radius 2 is 2.16 bits per heavy atom. The number of aromatic nitrogens is 1. The van der Waals surface area contributed by atoms with Crippen molar-refractivity contribution in [1.29, 1.82) is 5.26 Å². The number of nitriles is 1. The highest BCUT2D eigenvalue weighted by molar-refractivity contribution is 6.03. The number of carbonyl (C=O) groups is 2. The lowest BCUT2D eigenvalue weighted by molar-refractivity contribution is -0.121. The summed E-state index contributed by atoms with van der Waals surface area (Å²) in [7, 11) is 0. The number of fused-ring (bicyclic) bond motifs is 1. The molecule has 0 spiro atoms. The molecule has 0 radical (unpaired) electrons. The van der Waals surface area contributed by atoms with E-state index in [9.17, 15) is 9.59 Å². The lowest BCUT2D eigenvalue weighted by Gasteiger charge is -2.05. The number of nitrogens with one attached hydrogen (secondary N) is 1. The molecule has 0 unspecified atom stereocenters. The van der Waals surface area contributed by atoms with Crippen LogP contribution in [0.1, 0.15) is 10.4 Å². The van der Waals surface area contributed by atoms with Gasteiger partial charge in [0.2, 0.25) is 5.91 Å². The fraction of sp³-hybridized carbons (Fsp3) is 0.154. The Balaban J connectivity index is 2.31. The lowest BCUT2D eigenvalue weighted by Crippen LogP contribution is -2.27. The molecule has 1 aromatic heterocycles. The van der Waals surface area contributed by atoms with Crippen LogP contribution in [0.25, 0.3) is 10.9 Å².